The molecule has 5 heteroatoms. The van der Waals surface area contributed by atoms with Crippen molar-refractivity contribution < 1.29 is 9.47 Å². The molecule has 0 saturated heterocycles. The molecule has 0 unspecified atom stereocenters. The highest BCUT2D eigenvalue weighted by molar-refractivity contribution is 5.83. The van der Waals surface area contributed by atoms with Crippen molar-refractivity contribution in [1.29, 1.82) is 0 Å². The van der Waals surface area contributed by atoms with Crippen molar-refractivity contribution in [1.82, 2.24) is 15.0 Å². The summed E-state index contributed by atoms with van der Waals surface area (Å²) in [6, 6.07) is 8.27. The van der Waals surface area contributed by atoms with Gasteiger partial charge in [-0.2, -0.15) is 0 Å². The van der Waals surface area contributed by atoms with Gasteiger partial charge in [-0.25, -0.2) is 9.97 Å². The van der Waals surface area contributed by atoms with E-state index in [0.29, 0.717) is 37.3 Å². The van der Waals surface area contributed by atoms with Gasteiger partial charge >= 0.3 is 0 Å². The van der Waals surface area contributed by atoms with Gasteiger partial charge in [0.05, 0.1) is 13.2 Å². The molecular weight excluding hydrogens is 326 g/mol. The van der Waals surface area contributed by atoms with Gasteiger partial charge in [-0.1, -0.05) is 32.0 Å². The third-order valence-corrected chi connectivity index (χ3v) is 4.16. The van der Waals surface area contributed by atoms with Crippen LogP contribution in [-0.2, 0) is 12.8 Å². The molecule has 1 aromatic carbocycles. The minimum absolute atomic E-state index is 0.470. The fourth-order valence-corrected chi connectivity index (χ4v) is 3.07. The molecule has 1 N–H and O–H groups in total. The van der Waals surface area contributed by atoms with Crippen LogP contribution in [0.5, 0.6) is 11.8 Å². The zero-order valence-electron chi connectivity index (χ0n) is 16.0. The molecule has 0 bridgehead atoms. The average molecular weight is 353 g/mol. The van der Waals surface area contributed by atoms with E-state index in [0.717, 1.165) is 23.3 Å². The number of hydrogen-bond acceptors (Lipinski definition) is 4. The molecule has 2 heterocycles. The van der Waals surface area contributed by atoms with Crippen LogP contribution >= 0.6 is 0 Å². The number of nitrogens with zero attached hydrogens (tertiary/aromatic N) is 2. The number of benzene rings is 1. The zero-order chi connectivity index (χ0) is 18.5. The Morgan fingerprint density at radius 3 is 2.31 bits per heavy atom. The molecule has 3 aromatic rings. The highest BCUT2D eigenvalue weighted by Gasteiger charge is 2.18. The summed E-state index contributed by atoms with van der Waals surface area (Å²) in [5.74, 6) is 1.70. The van der Waals surface area contributed by atoms with E-state index in [-0.39, 0.29) is 0 Å². The van der Waals surface area contributed by atoms with Crippen molar-refractivity contribution in [3.63, 3.8) is 0 Å². The lowest BCUT2D eigenvalue weighted by molar-refractivity contribution is 0.298. The summed E-state index contributed by atoms with van der Waals surface area (Å²) in [6.07, 6.45) is 3.49. The quantitative estimate of drug-likeness (QED) is 0.646. The maximum atomic E-state index is 5.81. The van der Waals surface area contributed by atoms with Gasteiger partial charge in [0, 0.05) is 23.5 Å². The molecule has 0 radical (unpaired) electrons. The fourth-order valence-electron chi connectivity index (χ4n) is 3.07. The molecule has 2 aromatic heterocycles. The van der Waals surface area contributed by atoms with Gasteiger partial charge in [-0.05, 0) is 37.8 Å². The van der Waals surface area contributed by atoms with Crippen LogP contribution in [0.15, 0.2) is 30.5 Å². The summed E-state index contributed by atoms with van der Waals surface area (Å²) in [5.41, 5.74) is 3.98. The lowest BCUT2D eigenvalue weighted by atomic mass is 10.1. The molecule has 3 rings (SSSR count). The monoisotopic (exact) mass is 353 g/mol. The standard InChI is InChI=1S/C21H27N3O2/c1-5-25-20-18(11-14(3)4)23-21(26-6-2)19(24-20)12-15-13-22-17-10-8-7-9-16(15)17/h7-10,13-14,22H,5-6,11-12H2,1-4H3. The molecule has 0 aliphatic heterocycles. The Kier molecular flexibility index (Phi) is 5.76. The number of hydrogen-bond donors (Lipinski definition) is 1. The van der Waals surface area contributed by atoms with Gasteiger partial charge in [0.15, 0.2) is 0 Å². The molecular formula is C21H27N3O2. The summed E-state index contributed by atoms with van der Waals surface area (Å²) in [4.78, 5) is 12.9. The summed E-state index contributed by atoms with van der Waals surface area (Å²) in [6.45, 7) is 9.40. The van der Waals surface area contributed by atoms with Crippen LogP contribution in [0.4, 0.5) is 0 Å². The van der Waals surface area contributed by atoms with E-state index >= 15 is 0 Å². The van der Waals surface area contributed by atoms with Crippen molar-refractivity contribution in [3.05, 3.63) is 47.4 Å². The molecule has 0 aliphatic carbocycles. The summed E-state index contributed by atoms with van der Waals surface area (Å²) in [5, 5.41) is 1.20. The third kappa shape index (κ3) is 3.98. The first-order valence-corrected chi connectivity index (χ1v) is 9.32. The molecule has 0 fully saturated rings. The Morgan fingerprint density at radius 2 is 1.62 bits per heavy atom. The maximum Gasteiger partial charge on any atom is 0.236 e. The number of aromatic nitrogens is 3. The molecule has 138 valence electrons. The summed E-state index contributed by atoms with van der Waals surface area (Å²) < 4.78 is 11.6. The van der Waals surface area contributed by atoms with Gasteiger partial charge in [-0.15, -0.1) is 0 Å². The predicted octanol–water partition coefficient (Wildman–Crippen LogP) is 4.54. The van der Waals surface area contributed by atoms with Crippen molar-refractivity contribution in [2.75, 3.05) is 13.2 Å². The Bertz CT molecular complexity index is 871. The van der Waals surface area contributed by atoms with E-state index in [4.69, 9.17) is 19.4 Å². The normalized spacial score (nSPS) is 11.3. The number of rotatable bonds is 8. The van der Waals surface area contributed by atoms with Crippen LogP contribution in [0.2, 0.25) is 0 Å². The molecule has 5 nitrogen and oxygen atoms in total. The second-order valence-corrected chi connectivity index (χ2v) is 6.73. The Morgan fingerprint density at radius 1 is 0.962 bits per heavy atom. The van der Waals surface area contributed by atoms with Crippen LogP contribution in [0, 0.1) is 5.92 Å². The molecule has 0 spiro atoms. The number of para-hydroxylation sites is 1. The minimum Gasteiger partial charge on any atom is -0.477 e. The first kappa shape index (κ1) is 18.2. The number of nitrogens with one attached hydrogen (secondary N) is 1. The highest BCUT2D eigenvalue weighted by Crippen LogP contribution is 2.28. The SMILES string of the molecule is CCOc1nc(CC(C)C)c(OCC)nc1Cc1c[nH]c2ccccc12. The van der Waals surface area contributed by atoms with Gasteiger partial charge in [-0.3, -0.25) is 0 Å². The lowest BCUT2D eigenvalue weighted by Gasteiger charge is -2.15. The summed E-state index contributed by atoms with van der Waals surface area (Å²) in [7, 11) is 0. The van der Waals surface area contributed by atoms with Crippen LogP contribution in [-0.4, -0.2) is 28.2 Å². The number of H-pyrrole nitrogens is 1. The van der Waals surface area contributed by atoms with Gasteiger partial charge < -0.3 is 14.5 Å². The van der Waals surface area contributed by atoms with Crippen LogP contribution in [0.1, 0.15) is 44.6 Å². The zero-order valence-corrected chi connectivity index (χ0v) is 16.0. The van der Waals surface area contributed by atoms with Gasteiger partial charge in [0.1, 0.15) is 11.4 Å². The molecule has 0 atom stereocenters. The van der Waals surface area contributed by atoms with E-state index in [1.165, 1.54) is 10.9 Å². The topological polar surface area (TPSA) is 60.0 Å². The Hall–Kier alpha value is -2.56. The van der Waals surface area contributed by atoms with Crippen LogP contribution in [0.25, 0.3) is 10.9 Å². The van der Waals surface area contributed by atoms with Crippen molar-refractivity contribution in [3.8, 4) is 11.8 Å². The van der Waals surface area contributed by atoms with E-state index in [2.05, 4.69) is 31.0 Å². The number of fused-ring (bicyclic) bond motifs is 1. The van der Waals surface area contributed by atoms with Crippen molar-refractivity contribution in [2.45, 2.75) is 40.5 Å². The molecule has 0 saturated carbocycles. The Labute approximate surface area is 154 Å². The lowest BCUT2D eigenvalue weighted by Crippen LogP contribution is -2.11. The van der Waals surface area contributed by atoms with E-state index in [9.17, 15) is 0 Å². The smallest absolute Gasteiger partial charge is 0.236 e. The predicted molar refractivity (Wildman–Crippen MR) is 104 cm³/mol. The van der Waals surface area contributed by atoms with Gasteiger partial charge in [0.2, 0.25) is 11.8 Å². The van der Waals surface area contributed by atoms with E-state index in [1.54, 1.807) is 0 Å². The largest absolute Gasteiger partial charge is 0.477 e. The van der Waals surface area contributed by atoms with Crippen LogP contribution in [0.3, 0.4) is 0 Å². The minimum atomic E-state index is 0.470. The van der Waals surface area contributed by atoms with Crippen molar-refractivity contribution in [2.24, 2.45) is 5.92 Å². The number of aromatic amines is 1. The second kappa shape index (κ2) is 8.21. The Balaban J connectivity index is 2.02. The fraction of sp³-hybridized carbons (Fsp3) is 0.429. The number of ether oxygens (including phenoxy) is 2. The first-order chi connectivity index (χ1) is 12.6. The maximum absolute atomic E-state index is 5.81. The van der Waals surface area contributed by atoms with E-state index < -0.39 is 0 Å². The highest BCUT2D eigenvalue weighted by atomic mass is 16.5. The summed E-state index contributed by atoms with van der Waals surface area (Å²) >= 11 is 0. The van der Waals surface area contributed by atoms with Crippen LogP contribution < -0.4 is 9.47 Å². The van der Waals surface area contributed by atoms with Crippen molar-refractivity contribution >= 4 is 10.9 Å². The van der Waals surface area contributed by atoms with E-state index in [1.807, 2.05) is 32.2 Å². The average Bonchev–Trinajstić information content (AvgIpc) is 3.01. The third-order valence-electron chi connectivity index (χ3n) is 4.16. The molecule has 26 heavy (non-hydrogen) atoms. The molecule has 0 amide bonds. The second-order valence-electron chi connectivity index (χ2n) is 6.73. The first-order valence-electron chi connectivity index (χ1n) is 9.32. The van der Waals surface area contributed by atoms with Gasteiger partial charge in [0.25, 0.3) is 0 Å². The molecule has 0 aliphatic rings.